The maximum Gasteiger partial charge on any atom is 0.257 e. The SMILES string of the molecule is COc1cc2c(Oc3c(F)cc(-c4cnc(F)c(C(N)=O)c4OC4CC4)cc3F)ccnc2cc1OCCO[Si](C)(C)C(C)(C)C. The molecule has 2 heterocycles. The number of carbonyl (C=O) groups excluding carboxylic acids is 1. The molecule has 1 amide bonds. The molecule has 13 heteroatoms. The van der Waals surface area contributed by atoms with Crippen LogP contribution in [0.4, 0.5) is 13.2 Å². The highest BCUT2D eigenvalue weighted by molar-refractivity contribution is 6.74. The molecule has 244 valence electrons. The number of pyridine rings is 2. The third-order valence-corrected chi connectivity index (χ3v) is 12.7. The van der Waals surface area contributed by atoms with Crippen molar-refractivity contribution in [3.63, 3.8) is 0 Å². The zero-order valence-electron chi connectivity index (χ0n) is 26.5. The van der Waals surface area contributed by atoms with E-state index < -0.39 is 43.1 Å². The van der Waals surface area contributed by atoms with Crippen molar-refractivity contribution in [2.45, 2.75) is 57.8 Å². The molecule has 0 radical (unpaired) electrons. The van der Waals surface area contributed by atoms with Gasteiger partial charge in [0.2, 0.25) is 5.95 Å². The molecule has 4 aromatic rings. The Balaban J connectivity index is 1.42. The van der Waals surface area contributed by atoms with Crippen molar-refractivity contribution in [3.8, 4) is 39.9 Å². The van der Waals surface area contributed by atoms with Gasteiger partial charge in [-0.25, -0.2) is 13.8 Å². The number of methoxy groups -OCH3 is 1. The van der Waals surface area contributed by atoms with E-state index in [-0.39, 0.29) is 40.4 Å². The first-order valence-corrected chi connectivity index (χ1v) is 17.7. The van der Waals surface area contributed by atoms with Crippen LogP contribution in [0.5, 0.6) is 28.7 Å². The predicted octanol–water partition coefficient (Wildman–Crippen LogP) is 7.56. The number of nitrogens with two attached hydrogens (primary N) is 1. The number of carbonyl (C=O) groups is 1. The summed E-state index contributed by atoms with van der Waals surface area (Å²) in [5, 5.41) is 0.480. The van der Waals surface area contributed by atoms with E-state index in [0.717, 1.165) is 18.3 Å². The van der Waals surface area contributed by atoms with Crippen LogP contribution in [0.15, 0.2) is 42.7 Å². The highest BCUT2D eigenvalue weighted by atomic mass is 28.4. The Hall–Kier alpha value is -4.36. The quantitative estimate of drug-likeness (QED) is 0.0945. The van der Waals surface area contributed by atoms with E-state index in [1.807, 2.05) is 0 Å². The van der Waals surface area contributed by atoms with E-state index in [2.05, 4.69) is 43.8 Å². The van der Waals surface area contributed by atoms with Gasteiger partial charge < -0.3 is 29.1 Å². The van der Waals surface area contributed by atoms with Crippen LogP contribution in [0.25, 0.3) is 22.0 Å². The van der Waals surface area contributed by atoms with E-state index in [1.165, 1.54) is 19.4 Å². The fourth-order valence-corrected chi connectivity index (χ4v) is 5.47. The minimum Gasteiger partial charge on any atom is -0.493 e. The summed E-state index contributed by atoms with van der Waals surface area (Å²) in [5.74, 6) is -4.37. The van der Waals surface area contributed by atoms with E-state index >= 15 is 8.78 Å². The first kappa shape index (κ1) is 33.0. The van der Waals surface area contributed by atoms with Gasteiger partial charge in [0.1, 0.15) is 23.7 Å². The molecule has 46 heavy (non-hydrogen) atoms. The number of benzene rings is 2. The van der Waals surface area contributed by atoms with Crippen LogP contribution in [0, 0.1) is 17.6 Å². The zero-order valence-corrected chi connectivity index (χ0v) is 27.5. The number of rotatable bonds is 12. The van der Waals surface area contributed by atoms with Crippen LogP contribution < -0.4 is 24.7 Å². The van der Waals surface area contributed by atoms with Gasteiger partial charge in [-0.05, 0) is 60.8 Å². The average molecular weight is 656 g/mol. The Labute approximate surface area is 265 Å². The van der Waals surface area contributed by atoms with Crippen molar-refractivity contribution >= 4 is 25.1 Å². The molecule has 1 saturated carbocycles. The Morgan fingerprint density at radius 1 is 0.978 bits per heavy atom. The minimum absolute atomic E-state index is 0.00721. The molecule has 0 spiro atoms. The van der Waals surface area contributed by atoms with Crippen LogP contribution in [0.2, 0.25) is 18.1 Å². The molecule has 1 aliphatic rings. The molecule has 2 aromatic carbocycles. The second-order valence-electron chi connectivity index (χ2n) is 12.5. The molecule has 0 unspecified atom stereocenters. The van der Waals surface area contributed by atoms with Crippen molar-refractivity contribution in [2.24, 2.45) is 5.73 Å². The monoisotopic (exact) mass is 655 g/mol. The molecule has 0 bridgehead atoms. The average Bonchev–Trinajstić information content (AvgIpc) is 3.80. The molecule has 5 rings (SSSR count). The number of aromatic nitrogens is 2. The first-order valence-electron chi connectivity index (χ1n) is 14.8. The van der Waals surface area contributed by atoms with Crippen molar-refractivity contribution in [3.05, 3.63) is 65.9 Å². The summed E-state index contributed by atoms with van der Waals surface area (Å²) in [7, 11) is -0.470. The number of ether oxygens (including phenoxy) is 4. The van der Waals surface area contributed by atoms with Gasteiger partial charge in [0, 0.05) is 29.4 Å². The topological polar surface area (TPSA) is 115 Å². The fourth-order valence-electron chi connectivity index (χ4n) is 4.44. The van der Waals surface area contributed by atoms with E-state index in [9.17, 15) is 9.18 Å². The number of hydrogen-bond donors (Lipinski definition) is 1. The molecule has 1 aliphatic carbocycles. The molecular weight excluding hydrogens is 619 g/mol. The lowest BCUT2D eigenvalue weighted by Crippen LogP contribution is -2.41. The van der Waals surface area contributed by atoms with E-state index in [0.29, 0.717) is 41.9 Å². The number of halogens is 3. The normalized spacial score (nSPS) is 13.5. The van der Waals surface area contributed by atoms with E-state index in [1.54, 1.807) is 12.1 Å². The van der Waals surface area contributed by atoms with Crippen LogP contribution in [0.3, 0.4) is 0 Å². The number of nitrogens with zero attached hydrogens (tertiary/aromatic N) is 2. The maximum absolute atomic E-state index is 15.5. The second-order valence-corrected chi connectivity index (χ2v) is 17.3. The van der Waals surface area contributed by atoms with Crippen LogP contribution in [-0.2, 0) is 4.43 Å². The van der Waals surface area contributed by atoms with Gasteiger partial charge in [0.15, 0.2) is 37.2 Å². The number of hydrogen-bond acceptors (Lipinski definition) is 8. The van der Waals surface area contributed by atoms with Gasteiger partial charge in [-0.1, -0.05) is 20.8 Å². The van der Waals surface area contributed by atoms with Crippen molar-refractivity contribution in [1.29, 1.82) is 0 Å². The summed E-state index contributed by atoms with van der Waals surface area (Å²) in [5.41, 5.74) is 5.18. The highest BCUT2D eigenvalue weighted by Crippen LogP contribution is 2.42. The second kappa shape index (κ2) is 12.8. The van der Waals surface area contributed by atoms with Gasteiger partial charge >= 0.3 is 0 Å². The van der Waals surface area contributed by atoms with Crippen molar-refractivity contribution in [2.75, 3.05) is 20.3 Å². The van der Waals surface area contributed by atoms with Gasteiger partial charge in [-0.15, -0.1) is 0 Å². The molecule has 2 N–H and O–H groups in total. The number of amides is 1. The van der Waals surface area contributed by atoms with Crippen molar-refractivity contribution < 1.29 is 41.3 Å². The third-order valence-electron chi connectivity index (χ3n) is 8.16. The van der Waals surface area contributed by atoms with Crippen LogP contribution in [-0.4, -0.2) is 50.6 Å². The van der Waals surface area contributed by atoms with Gasteiger partial charge in [0.25, 0.3) is 5.91 Å². The fraction of sp³-hybridized carbons (Fsp3) is 0.364. The van der Waals surface area contributed by atoms with Gasteiger partial charge in [-0.3, -0.25) is 9.78 Å². The molecule has 1 fully saturated rings. The Morgan fingerprint density at radius 2 is 1.67 bits per heavy atom. The van der Waals surface area contributed by atoms with Gasteiger partial charge in [-0.2, -0.15) is 4.39 Å². The van der Waals surface area contributed by atoms with Crippen molar-refractivity contribution in [1.82, 2.24) is 9.97 Å². The molecule has 0 atom stereocenters. The lowest BCUT2D eigenvalue weighted by molar-refractivity contribution is 0.0991. The smallest absolute Gasteiger partial charge is 0.257 e. The Bertz CT molecular complexity index is 1770. The lowest BCUT2D eigenvalue weighted by atomic mass is 10.0. The molecule has 0 aliphatic heterocycles. The molecule has 0 saturated heterocycles. The van der Waals surface area contributed by atoms with Gasteiger partial charge in [0.05, 0.1) is 25.3 Å². The number of fused-ring (bicyclic) bond motifs is 1. The van der Waals surface area contributed by atoms with Crippen LogP contribution >= 0.6 is 0 Å². The first-order chi connectivity index (χ1) is 21.7. The summed E-state index contributed by atoms with van der Waals surface area (Å²) in [6.07, 6.45) is 3.57. The summed E-state index contributed by atoms with van der Waals surface area (Å²) in [6, 6.07) is 6.71. The standard InChI is InChI=1S/C33H36F3N3O6Si/c1-33(2,3)46(5,6)43-12-11-42-27-16-24-20(15-26(27)41-4)25(9-10-38-24)45-30-22(34)13-18(14-23(30)35)21-17-39-31(36)28(32(37)40)29(21)44-19-7-8-19/h9-10,13-17,19H,7-8,11-12H2,1-6H3,(H2,37,40). The Morgan fingerprint density at radius 3 is 2.28 bits per heavy atom. The molecular formula is C33H36F3N3O6Si. The predicted molar refractivity (Wildman–Crippen MR) is 169 cm³/mol. The lowest BCUT2D eigenvalue weighted by Gasteiger charge is -2.36. The maximum atomic E-state index is 15.5. The highest BCUT2D eigenvalue weighted by Gasteiger charge is 2.37. The minimum atomic E-state index is -1.95. The third kappa shape index (κ3) is 6.90. The summed E-state index contributed by atoms with van der Waals surface area (Å²) in [6.45, 7) is 11.5. The molecule has 2 aromatic heterocycles. The molecule has 9 nitrogen and oxygen atoms in total. The summed E-state index contributed by atoms with van der Waals surface area (Å²) >= 11 is 0. The summed E-state index contributed by atoms with van der Waals surface area (Å²) in [4.78, 5) is 19.9. The number of primary amides is 1. The zero-order chi connectivity index (χ0) is 33.4. The largest absolute Gasteiger partial charge is 0.493 e. The summed E-state index contributed by atoms with van der Waals surface area (Å²) < 4.78 is 74.6. The Kier molecular flexibility index (Phi) is 9.18. The van der Waals surface area contributed by atoms with E-state index in [4.69, 9.17) is 29.1 Å². The van der Waals surface area contributed by atoms with Crippen LogP contribution in [0.1, 0.15) is 44.0 Å².